The van der Waals surface area contributed by atoms with Gasteiger partial charge in [0.05, 0.1) is 25.0 Å². The van der Waals surface area contributed by atoms with Crippen LogP contribution in [-0.2, 0) is 6.54 Å². The van der Waals surface area contributed by atoms with Crippen LogP contribution in [-0.4, -0.2) is 22.6 Å². The average Bonchev–Trinajstić information content (AvgIpc) is 2.89. The summed E-state index contributed by atoms with van der Waals surface area (Å²) in [4.78, 5) is 1.20. The van der Waals surface area contributed by atoms with Crippen LogP contribution in [0.2, 0.25) is 0 Å². The fourth-order valence-corrected chi connectivity index (χ4v) is 3.08. The summed E-state index contributed by atoms with van der Waals surface area (Å²) in [5, 5.41) is 4.29. The average molecular weight is 356 g/mol. The van der Waals surface area contributed by atoms with Gasteiger partial charge in [-0.05, 0) is 31.2 Å². The first kappa shape index (κ1) is 15.4. The minimum atomic E-state index is -0.110. The molecule has 1 unspecified atom stereocenters. The topological polar surface area (TPSA) is 53.1 Å². The van der Waals surface area contributed by atoms with Crippen molar-refractivity contribution in [3.8, 4) is 5.75 Å². The third-order valence-corrected chi connectivity index (χ3v) is 4.62. The van der Waals surface area contributed by atoms with Gasteiger partial charge in [0, 0.05) is 21.7 Å². The van der Waals surface area contributed by atoms with Gasteiger partial charge in [0.25, 0.3) is 0 Å². The normalized spacial score (nSPS) is 12.4. The lowest BCUT2D eigenvalue weighted by Crippen LogP contribution is -2.19. The molecule has 1 atom stereocenters. The number of hydrogen-bond donors (Lipinski definition) is 1. The molecule has 0 saturated heterocycles. The maximum absolute atomic E-state index is 6.30. The van der Waals surface area contributed by atoms with Gasteiger partial charge >= 0.3 is 0 Å². The predicted molar refractivity (Wildman–Crippen MR) is 86.2 cm³/mol. The molecule has 1 aromatic carbocycles. The summed E-state index contributed by atoms with van der Waals surface area (Å²) in [6, 6.07) is 8.11. The third kappa shape index (κ3) is 3.56. The number of rotatable bonds is 6. The number of aryl methyl sites for hydroxylation is 1. The molecule has 2 aromatic rings. The molecule has 0 amide bonds. The Balaban J connectivity index is 2.06. The summed E-state index contributed by atoms with van der Waals surface area (Å²) in [5.41, 5.74) is 7.26. The minimum Gasteiger partial charge on any atom is -0.493 e. The molecule has 2 rings (SSSR count). The van der Waals surface area contributed by atoms with E-state index < -0.39 is 0 Å². The van der Waals surface area contributed by atoms with Crippen LogP contribution in [0.3, 0.4) is 0 Å². The van der Waals surface area contributed by atoms with E-state index >= 15 is 0 Å². The maximum atomic E-state index is 6.30. The number of methoxy groups -OCH3 is 1. The zero-order chi connectivity index (χ0) is 14.5. The number of halogens is 1. The highest BCUT2D eigenvalue weighted by Crippen LogP contribution is 2.29. The summed E-state index contributed by atoms with van der Waals surface area (Å²) in [5.74, 6) is 1.54. The maximum Gasteiger partial charge on any atom is 0.161 e. The van der Waals surface area contributed by atoms with E-state index in [0.29, 0.717) is 0 Å². The van der Waals surface area contributed by atoms with Crippen molar-refractivity contribution >= 4 is 27.7 Å². The van der Waals surface area contributed by atoms with Gasteiger partial charge in [-0.15, -0.1) is 11.8 Å². The van der Waals surface area contributed by atoms with E-state index in [1.165, 1.54) is 4.90 Å². The van der Waals surface area contributed by atoms with Gasteiger partial charge in [-0.3, -0.25) is 4.68 Å². The van der Waals surface area contributed by atoms with Gasteiger partial charge in [0.15, 0.2) is 5.75 Å². The van der Waals surface area contributed by atoms with Crippen molar-refractivity contribution in [3.63, 3.8) is 0 Å². The lowest BCUT2D eigenvalue weighted by Gasteiger charge is -2.14. The molecule has 4 nitrogen and oxygen atoms in total. The molecule has 0 saturated carbocycles. The SMILES string of the molecule is CCn1ncc(OC)c1C(N)CSc1ccc(Br)cc1. The van der Waals surface area contributed by atoms with E-state index in [0.717, 1.165) is 28.2 Å². The fourth-order valence-electron chi connectivity index (χ4n) is 1.96. The Morgan fingerprint density at radius 1 is 1.40 bits per heavy atom. The zero-order valence-electron chi connectivity index (χ0n) is 11.5. The molecular weight excluding hydrogens is 338 g/mol. The van der Waals surface area contributed by atoms with E-state index in [2.05, 4.69) is 33.2 Å². The number of ether oxygens (including phenoxy) is 1. The van der Waals surface area contributed by atoms with Crippen molar-refractivity contribution in [1.82, 2.24) is 9.78 Å². The lowest BCUT2D eigenvalue weighted by atomic mass is 10.2. The first-order valence-corrected chi connectivity index (χ1v) is 8.17. The number of nitrogens with two attached hydrogens (primary N) is 1. The Kier molecular flexibility index (Phi) is 5.51. The van der Waals surface area contributed by atoms with Gasteiger partial charge in [-0.1, -0.05) is 15.9 Å². The summed E-state index contributed by atoms with van der Waals surface area (Å²) >= 11 is 5.16. The number of thioether (sulfide) groups is 1. The lowest BCUT2D eigenvalue weighted by molar-refractivity contribution is 0.403. The molecule has 0 aliphatic carbocycles. The molecule has 1 heterocycles. The standard InChI is InChI=1S/C14H18BrN3OS/c1-3-18-14(13(19-2)8-17-18)12(16)9-20-11-6-4-10(15)5-7-11/h4-8,12H,3,9,16H2,1-2H3. The van der Waals surface area contributed by atoms with E-state index in [4.69, 9.17) is 10.5 Å². The molecule has 0 spiro atoms. The summed E-state index contributed by atoms with van der Waals surface area (Å²) in [6.07, 6.45) is 1.73. The zero-order valence-corrected chi connectivity index (χ0v) is 13.9. The predicted octanol–water partition coefficient (Wildman–Crippen LogP) is 3.47. The van der Waals surface area contributed by atoms with Crippen LogP contribution < -0.4 is 10.5 Å². The molecular formula is C14H18BrN3OS. The van der Waals surface area contributed by atoms with Crippen LogP contribution in [0.5, 0.6) is 5.75 Å². The second kappa shape index (κ2) is 7.15. The number of nitrogens with zero attached hydrogens (tertiary/aromatic N) is 2. The van der Waals surface area contributed by atoms with Crippen LogP contribution in [0.4, 0.5) is 0 Å². The molecule has 0 fully saturated rings. The van der Waals surface area contributed by atoms with Crippen molar-refractivity contribution in [2.75, 3.05) is 12.9 Å². The molecule has 108 valence electrons. The second-order valence-electron chi connectivity index (χ2n) is 4.29. The molecule has 2 N–H and O–H groups in total. The van der Waals surface area contributed by atoms with Crippen molar-refractivity contribution in [2.24, 2.45) is 5.73 Å². The van der Waals surface area contributed by atoms with Crippen molar-refractivity contribution in [3.05, 3.63) is 40.6 Å². The van der Waals surface area contributed by atoms with Crippen molar-refractivity contribution in [2.45, 2.75) is 24.4 Å². The van der Waals surface area contributed by atoms with E-state index in [9.17, 15) is 0 Å². The number of aromatic nitrogens is 2. The molecule has 1 aromatic heterocycles. The highest BCUT2D eigenvalue weighted by molar-refractivity contribution is 9.10. The number of benzene rings is 1. The van der Waals surface area contributed by atoms with Gasteiger partial charge in [-0.25, -0.2) is 0 Å². The first-order valence-electron chi connectivity index (χ1n) is 6.39. The van der Waals surface area contributed by atoms with E-state index in [1.54, 1.807) is 25.1 Å². The van der Waals surface area contributed by atoms with Crippen molar-refractivity contribution < 1.29 is 4.74 Å². The van der Waals surface area contributed by atoms with Gasteiger partial charge < -0.3 is 10.5 Å². The Morgan fingerprint density at radius 2 is 2.10 bits per heavy atom. The van der Waals surface area contributed by atoms with Crippen LogP contribution in [0, 0.1) is 0 Å². The van der Waals surface area contributed by atoms with Crippen LogP contribution >= 0.6 is 27.7 Å². The molecule has 0 radical (unpaired) electrons. The van der Waals surface area contributed by atoms with Crippen LogP contribution in [0.15, 0.2) is 39.8 Å². The molecule has 6 heteroatoms. The van der Waals surface area contributed by atoms with E-state index in [1.807, 2.05) is 23.7 Å². The summed E-state index contributed by atoms with van der Waals surface area (Å²) in [7, 11) is 1.65. The summed E-state index contributed by atoms with van der Waals surface area (Å²) in [6.45, 7) is 2.83. The Bertz CT molecular complexity index is 535. The largest absolute Gasteiger partial charge is 0.493 e. The highest BCUT2D eigenvalue weighted by atomic mass is 79.9. The van der Waals surface area contributed by atoms with Crippen molar-refractivity contribution in [1.29, 1.82) is 0 Å². The Hall–Kier alpha value is -0.980. The first-order chi connectivity index (χ1) is 9.65. The fraction of sp³-hybridized carbons (Fsp3) is 0.357. The van der Waals surface area contributed by atoms with Crippen LogP contribution in [0.1, 0.15) is 18.7 Å². The number of hydrogen-bond acceptors (Lipinski definition) is 4. The monoisotopic (exact) mass is 355 g/mol. The quantitative estimate of drug-likeness (QED) is 0.806. The Morgan fingerprint density at radius 3 is 2.70 bits per heavy atom. The van der Waals surface area contributed by atoms with Gasteiger partial charge in [-0.2, -0.15) is 5.10 Å². The second-order valence-corrected chi connectivity index (χ2v) is 6.29. The van der Waals surface area contributed by atoms with E-state index in [-0.39, 0.29) is 6.04 Å². The van der Waals surface area contributed by atoms with Gasteiger partial charge in [0.2, 0.25) is 0 Å². The minimum absolute atomic E-state index is 0.110. The van der Waals surface area contributed by atoms with Crippen LogP contribution in [0.25, 0.3) is 0 Å². The molecule has 0 bridgehead atoms. The molecule has 0 aliphatic heterocycles. The smallest absolute Gasteiger partial charge is 0.161 e. The van der Waals surface area contributed by atoms with Gasteiger partial charge in [0.1, 0.15) is 0 Å². The third-order valence-electron chi connectivity index (χ3n) is 2.96. The Labute approximate surface area is 131 Å². The molecule has 20 heavy (non-hydrogen) atoms. The molecule has 0 aliphatic rings. The highest BCUT2D eigenvalue weighted by Gasteiger charge is 2.18. The summed E-state index contributed by atoms with van der Waals surface area (Å²) < 4.78 is 8.31.